The number of nitrogens with one attached hydrogen (secondary N) is 1. The number of halogens is 2. The average Bonchev–Trinajstić information content (AvgIpc) is 2.89. The van der Waals surface area contributed by atoms with Crippen LogP contribution in [0.15, 0.2) is 36.5 Å². The lowest BCUT2D eigenvalue weighted by atomic mass is 10.0. The molecular weight excluding hydrogens is 274 g/mol. The monoisotopic (exact) mass is 286 g/mol. The zero-order valence-corrected chi connectivity index (χ0v) is 11.1. The van der Waals surface area contributed by atoms with Gasteiger partial charge in [0.05, 0.1) is 11.4 Å². The highest BCUT2D eigenvalue weighted by molar-refractivity contribution is 5.87. The number of anilines is 1. The smallest absolute Gasteiger partial charge is 0.183 e. The van der Waals surface area contributed by atoms with Crippen LogP contribution < -0.4 is 5.32 Å². The highest BCUT2D eigenvalue weighted by atomic mass is 19.2. The summed E-state index contributed by atoms with van der Waals surface area (Å²) >= 11 is 0. The fourth-order valence-electron chi connectivity index (χ4n) is 2.82. The lowest BCUT2D eigenvalue weighted by Crippen LogP contribution is -2.24. The summed E-state index contributed by atoms with van der Waals surface area (Å²) in [5, 5.41) is 8.73. The number of nitrogens with zero attached hydrogens (tertiary/aromatic N) is 3. The number of fused-ring (bicyclic) bond motifs is 3. The zero-order valence-electron chi connectivity index (χ0n) is 11.1. The van der Waals surface area contributed by atoms with Crippen molar-refractivity contribution in [3.05, 3.63) is 53.7 Å². The topological polar surface area (TPSA) is 42.7 Å². The molecule has 4 nitrogen and oxygen atoms in total. The number of pyridine rings is 1. The van der Waals surface area contributed by atoms with Crippen molar-refractivity contribution < 1.29 is 8.78 Å². The van der Waals surface area contributed by atoms with Crippen molar-refractivity contribution in [2.24, 2.45) is 0 Å². The number of aromatic nitrogens is 3. The summed E-state index contributed by atoms with van der Waals surface area (Å²) < 4.78 is 28.4. The maximum Gasteiger partial charge on any atom is 0.183 e. The van der Waals surface area contributed by atoms with Gasteiger partial charge in [-0.3, -0.25) is 0 Å². The van der Waals surface area contributed by atoms with Crippen LogP contribution in [0.3, 0.4) is 0 Å². The zero-order chi connectivity index (χ0) is 14.4. The minimum Gasteiger partial charge on any atom is -0.370 e. The third-order valence-electron chi connectivity index (χ3n) is 3.81. The predicted octanol–water partition coefficient (Wildman–Crippen LogP) is 3.11. The molecule has 1 unspecified atom stereocenters. The Bertz CT molecular complexity index is 828. The van der Waals surface area contributed by atoms with Gasteiger partial charge in [0.2, 0.25) is 0 Å². The van der Waals surface area contributed by atoms with E-state index in [9.17, 15) is 8.78 Å². The molecule has 0 saturated heterocycles. The molecule has 0 fully saturated rings. The van der Waals surface area contributed by atoms with E-state index in [0.717, 1.165) is 30.2 Å². The van der Waals surface area contributed by atoms with Gasteiger partial charge in [0.25, 0.3) is 0 Å². The Morgan fingerprint density at radius 3 is 2.95 bits per heavy atom. The Kier molecular flexibility index (Phi) is 2.63. The van der Waals surface area contributed by atoms with Gasteiger partial charge in [-0.25, -0.2) is 18.4 Å². The van der Waals surface area contributed by atoms with Crippen LogP contribution in [0.5, 0.6) is 0 Å². The van der Waals surface area contributed by atoms with E-state index in [2.05, 4.69) is 15.4 Å². The van der Waals surface area contributed by atoms with Gasteiger partial charge in [-0.05, 0) is 36.2 Å². The molecule has 1 aromatic carbocycles. The number of hydrogen-bond acceptors (Lipinski definition) is 3. The van der Waals surface area contributed by atoms with Crippen molar-refractivity contribution in [3.63, 3.8) is 0 Å². The summed E-state index contributed by atoms with van der Waals surface area (Å²) in [4.78, 5) is 4.24. The molecule has 2 aromatic heterocycles. The molecule has 4 rings (SSSR count). The molecule has 0 bridgehead atoms. The van der Waals surface area contributed by atoms with E-state index in [1.165, 1.54) is 6.07 Å². The second-order valence-electron chi connectivity index (χ2n) is 5.07. The van der Waals surface area contributed by atoms with Crippen molar-refractivity contribution in [1.82, 2.24) is 14.8 Å². The Morgan fingerprint density at radius 2 is 2.10 bits per heavy atom. The van der Waals surface area contributed by atoms with Crippen molar-refractivity contribution in [2.45, 2.75) is 12.5 Å². The van der Waals surface area contributed by atoms with Crippen LogP contribution in [0.4, 0.5) is 14.6 Å². The van der Waals surface area contributed by atoms with Crippen LogP contribution in [0.25, 0.3) is 11.0 Å². The molecule has 6 heteroatoms. The summed E-state index contributed by atoms with van der Waals surface area (Å²) in [5.74, 6) is -0.790. The maximum atomic E-state index is 13.5. The fraction of sp³-hybridized carbons (Fsp3) is 0.200. The van der Waals surface area contributed by atoms with Crippen LogP contribution in [0.2, 0.25) is 0 Å². The third kappa shape index (κ3) is 1.86. The lowest BCUT2D eigenvalue weighted by molar-refractivity contribution is 0.471. The fourth-order valence-corrected chi connectivity index (χ4v) is 2.82. The Balaban J connectivity index is 1.88. The number of rotatable bonds is 1. The molecule has 0 saturated carbocycles. The molecule has 1 N–H and O–H groups in total. The molecule has 0 aliphatic carbocycles. The highest BCUT2D eigenvalue weighted by Gasteiger charge is 2.25. The molecule has 0 radical (unpaired) electrons. The largest absolute Gasteiger partial charge is 0.370 e. The van der Waals surface area contributed by atoms with Crippen molar-refractivity contribution in [3.8, 4) is 0 Å². The molecule has 106 valence electrons. The standard InChI is InChI=1S/C15H12F2N4/c16-11-4-3-9(8-12(11)17)13-5-7-19-15-10-2-1-6-18-14(10)20-21(13)15/h1-4,6,8,13,19H,5,7H2. The van der Waals surface area contributed by atoms with E-state index in [0.29, 0.717) is 11.2 Å². The summed E-state index contributed by atoms with van der Waals surface area (Å²) in [5.41, 5.74) is 1.36. The number of benzene rings is 1. The number of hydrogen-bond donors (Lipinski definition) is 1. The summed E-state index contributed by atoms with van der Waals surface area (Å²) in [6, 6.07) is 7.70. The molecule has 1 aliphatic heterocycles. The van der Waals surface area contributed by atoms with Gasteiger partial charge in [-0.2, -0.15) is 0 Å². The molecular formula is C15H12F2N4. The van der Waals surface area contributed by atoms with Gasteiger partial charge in [-0.1, -0.05) is 6.07 Å². The van der Waals surface area contributed by atoms with Gasteiger partial charge < -0.3 is 5.32 Å². The van der Waals surface area contributed by atoms with Crippen LogP contribution >= 0.6 is 0 Å². The predicted molar refractivity (Wildman–Crippen MR) is 75.1 cm³/mol. The normalized spacial score (nSPS) is 17.5. The SMILES string of the molecule is Fc1ccc(C2CCNc3c4cccnc4nn32)cc1F. The van der Waals surface area contributed by atoms with Crippen LogP contribution in [0.1, 0.15) is 18.0 Å². The molecule has 1 aliphatic rings. The van der Waals surface area contributed by atoms with Crippen molar-refractivity contribution in [2.75, 3.05) is 11.9 Å². The van der Waals surface area contributed by atoms with Crippen LogP contribution in [0, 0.1) is 11.6 Å². The average molecular weight is 286 g/mol. The van der Waals surface area contributed by atoms with E-state index in [1.54, 1.807) is 12.3 Å². The first-order valence-corrected chi connectivity index (χ1v) is 6.76. The lowest BCUT2D eigenvalue weighted by Gasteiger charge is -2.26. The van der Waals surface area contributed by atoms with Gasteiger partial charge in [0.1, 0.15) is 5.82 Å². The van der Waals surface area contributed by atoms with Crippen molar-refractivity contribution in [1.29, 1.82) is 0 Å². The van der Waals surface area contributed by atoms with Crippen molar-refractivity contribution >= 4 is 16.9 Å². The summed E-state index contributed by atoms with van der Waals surface area (Å²) in [7, 11) is 0. The van der Waals surface area contributed by atoms with Gasteiger partial charge in [-0.15, -0.1) is 5.10 Å². The third-order valence-corrected chi connectivity index (χ3v) is 3.81. The maximum absolute atomic E-state index is 13.5. The van der Waals surface area contributed by atoms with E-state index in [4.69, 9.17) is 0 Å². The molecule has 3 heterocycles. The first kappa shape index (κ1) is 12.3. The minimum absolute atomic E-state index is 0.120. The molecule has 1 atom stereocenters. The first-order chi connectivity index (χ1) is 10.2. The van der Waals surface area contributed by atoms with E-state index in [-0.39, 0.29) is 6.04 Å². The van der Waals surface area contributed by atoms with Crippen LogP contribution in [-0.2, 0) is 0 Å². The van der Waals surface area contributed by atoms with E-state index >= 15 is 0 Å². The van der Waals surface area contributed by atoms with Crippen LogP contribution in [-0.4, -0.2) is 21.3 Å². The Hall–Kier alpha value is -2.50. The van der Waals surface area contributed by atoms with Gasteiger partial charge in [0, 0.05) is 12.7 Å². The quantitative estimate of drug-likeness (QED) is 0.747. The van der Waals surface area contributed by atoms with E-state index in [1.807, 2.05) is 16.8 Å². The Labute approximate surface area is 119 Å². The molecule has 0 spiro atoms. The summed E-state index contributed by atoms with van der Waals surface area (Å²) in [6.45, 7) is 0.749. The van der Waals surface area contributed by atoms with Gasteiger partial charge >= 0.3 is 0 Å². The second-order valence-corrected chi connectivity index (χ2v) is 5.07. The molecule has 21 heavy (non-hydrogen) atoms. The van der Waals surface area contributed by atoms with E-state index < -0.39 is 11.6 Å². The molecule has 0 amide bonds. The van der Waals surface area contributed by atoms with Gasteiger partial charge in [0.15, 0.2) is 17.3 Å². The first-order valence-electron chi connectivity index (χ1n) is 6.76. The summed E-state index contributed by atoms with van der Waals surface area (Å²) in [6.07, 6.45) is 2.44. The Morgan fingerprint density at radius 1 is 1.19 bits per heavy atom. The molecule has 3 aromatic rings. The minimum atomic E-state index is -0.833. The second kappa shape index (κ2) is 4.51. The highest BCUT2D eigenvalue weighted by Crippen LogP contribution is 2.34.